The Hall–Kier alpha value is -1.69. The first-order chi connectivity index (χ1) is 8.70. The highest BCUT2D eigenvalue weighted by Gasteiger charge is 2.05. The van der Waals surface area contributed by atoms with Gasteiger partial charge in [0.15, 0.2) is 5.82 Å². The minimum atomic E-state index is -0.0306. The lowest BCUT2D eigenvalue weighted by atomic mass is 10.1. The molecule has 1 aromatic heterocycles. The van der Waals surface area contributed by atoms with Crippen LogP contribution in [0.2, 0.25) is 5.02 Å². The summed E-state index contributed by atoms with van der Waals surface area (Å²) in [7, 11) is 0. The molecule has 2 rings (SSSR count). The average molecular weight is 265 g/mol. The third kappa shape index (κ3) is 2.95. The number of nitrogens with zero attached hydrogens (tertiary/aromatic N) is 3. The summed E-state index contributed by atoms with van der Waals surface area (Å²) in [5.41, 5.74) is 1.68. The van der Waals surface area contributed by atoms with E-state index in [0.29, 0.717) is 17.4 Å². The minimum absolute atomic E-state index is 0.0306. The zero-order chi connectivity index (χ0) is 13.0. The molecular formula is C12H13ClN4O. The number of aliphatic hydroxyl groups excluding tert-OH is 1. The Morgan fingerprint density at radius 3 is 2.39 bits per heavy atom. The summed E-state index contributed by atoms with van der Waals surface area (Å²) in [5, 5.41) is 18.9. The van der Waals surface area contributed by atoms with E-state index in [1.165, 1.54) is 5.01 Å². The fraction of sp³-hybridized carbons (Fsp3) is 0.167. The van der Waals surface area contributed by atoms with Crippen molar-refractivity contribution in [3.63, 3.8) is 0 Å². The maximum Gasteiger partial charge on any atom is 0.165 e. The van der Waals surface area contributed by atoms with E-state index in [2.05, 4.69) is 10.2 Å². The molecule has 0 aliphatic rings. The fourth-order valence-corrected chi connectivity index (χ4v) is 1.60. The highest BCUT2D eigenvalue weighted by molar-refractivity contribution is 6.30. The second kappa shape index (κ2) is 5.77. The summed E-state index contributed by atoms with van der Waals surface area (Å²) in [6.45, 7) is 0.284. The summed E-state index contributed by atoms with van der Waals surface area (Å²) >= 11 is 5.82. The van der Waals surface area contributed by atoms with Crippen LogP contribution in [0.3, 0.4) is 0 Å². The quantitative estimate of drug-likeness (QED) is 0.646. The Bertz CT molecular complexity index is 500. The van der Waals surface area contributed by atoms with Crippen LogP contribution in [0.15, 0.2) is 36.4 Å². The van der Waals surface area contributed by atoms with Crippen LogP contribution in [0.25, 0.3) is 11.3 Å². The summed E-state index contributed by atoms with van der Waals surface area (Å²) < 4.78 is 0. The second-order valence-electron chi connectivity index (χ2n) is 3.70. The first-order valence-electron chi connectivity index (χ1n) is 5.43. The van der Waals surface area contributed by atoms with Gasteiger partial charge >= 0.3 is 0 Å². The van der Waals surface area contributed by atoms with Gasteiger partial charge in [0.1, 0.15) is 0 Å². The van der Waals surface area contributed by atoms with E-state index >= 15 is 0 Å². The van der Waals surface area contributed by atoms with Gasteiger partial charge in [-0.1, -0.05) is 23.7 Å². The molecule has 0 saturated heterocycles. The summed E-state index contributed by atoms with van der Waals surface area (Å²) in [4.78, 5) is 0. The highest BCUT2D eigenvalue weighted by Crippen LogP contribution is 2.19. The zero-order valence-corrected chi connectivity index (χ0v) is 10.4. The number of aliphatic hydroxyl groups is 1. The van der Waals surface area contributed by atoms with E-state index in [4.69, 9.17) is 22.6 Å². The number of rotatable bonds is 4. The van der Waals surface area contributed by atoms with Gasteiger partial charge in [0.25, 0.3) is 0 Å². The highest BCUT2D eigenvalue weighted by atomic mass is 35.5. The first-order valence-corrected chi connectivity index (χ1v) is 5.81. The molecule has 0 saturated carbocycles. The van der Waals surface area contributed by atoms with Crippen molar-refractivity contribution >= 4 is 17.4 Å². The van der Waals surface area contributed by atoms with Crippen molar-refractivity contribution in [3.8, 4) is 11.3 Å². The maximum atomic E-state index is 8.77. The smallest absolute Gasteiger partial charge is 0.165 e. The lowest BCUT2D eigenvalue weighted by Gasteiger charge is -2.15. The molecule has 6 heteroatoms. The molecule has 1 aromatic carbocycles. The molecule has 18 heavy (non-hydrogen) atoms. The van der Waals surface area contributed by atoms with Gasteiger partial charge in [-0.05, 0) is 24.3 Å². The third-order valence-electron chi connectivity index (χ3n) is 2.43. The standard InChI is InChI=1S/C12H13ClN4O/c13-10-3-1-9(2-4-10)11-5-6-12(16-15-11)17(14)7-8-18/h1-6,18H,7-8,14H2. The fourth-order valence-electron chi connectivity index (χ4n) is 1.48. The number of anilines is 1. The third-order valence-corrected chi connectivity index (χ3v) is 2.68. The normalized spacial score (nSPS) is 10.4. The molecule has 1 heterocycles. The number of halogens is 1. The molecule has 0 atom stereocenters. The molecule has 0 aliphatic carbocycles. The van der Waals surface area contributed by atoms with Gasteiger partial charge in [0, 0.05) is 10.6 Å². The van der Waals surface area contributed by atoms with E-state index < -0.39 is 0 Å². The molecule has 3 N–H and O–H groups in total. The molecule has 0 fully saturated rings. The SMILES string of the molecule is NN(CCO)c1ccc(-c2ccc(Cl)cc2)nn1. The van der Waals surface area contributed by atoms with Gasteiger partial charge in [-0.25, -0.2) is 5.84 Å². The molecule has 0 amide bonds. The van der Waals surface area contributed by atoms with Gasteiger partial charge in [0.2, 0.25) is 0 Å². The lowest BCUT2D eigenvalue weighted by Crippen LogP contribution is -2.34. The minimum Gasteiger partial charge on any atom is -0.394 e. The molecule has 94 valence electrons. The predicted molar refractivity (Wildman–Crippen MR) is 71.1 cm³/mol. The van der Waals surface area contributed by atoms with Crippen LogP contribution in [0, 0.1) is 0 Å². The van der Waals surface area contributed by atoms with Crippen LogP contribution >= 0.6 is 11.6 Å². The van der Waals surface area contributed by atoms with Crippen molar-refractivity contribution in [1.29, 1.82) is 0 Å². The van der Waals surface area contributed by atoms with E-state index in [0.717, 1.165) is 11.3 Å². The molecule has 2 aromatic rings. The largest absolute Gasteiger partial charge is 0.394 e. The summed E-state index contributed by atoms with van der Waals surface area (Å²) in [6.07, 6.45) is 0. The molecule has 0 bridgehead atoms. The predicted octanol–water partition coefficient (Wildman–Crippen LogP) is 1.47. The lowest BCUT2D eigenvalue weighted by molar-refractivity contribution is 0.302. The monoisotopic (exact) mass is 264 g/mol. The Morgan fingerprint density at radius 2 is 1.83 bits per heavy atom. The van der Waals surface area contributed by atoms with Crippen LogP contribution in [-0.4, -0.2) is 28.5 Å². The number of aromatic nitrogens is 2. The van der Waals surface area contributed by atoms with E-state index in [9.17, 15) is 0 Å². The topological polar surface area (TPSA) is 75.3 Å². The van der Waals surface area contributed by atoms with Crippen molar-refractivity contribution in [2.45, 2.75) is 0 Å². The van der Waals surface area contributed by atoms with Gasteiger partial charge in [0.05, 0.1) is 18.8 Å². The van der Waals surface area contributed by atoms with Crippen LogP contribution in [0.1, 0.15) is 0 Å². The maximum absolute atomic E-state index is 8.77. The molecule has 0 spiro atoms. The molecular weight excluding hydrogens is 252 g/mol. The molecule has 0 radical (unpaired) electrons. The van der Waals surface area contributed by atoms with Gasteiger partial charge < -0.3 is 5.11 Å². The molecule has 0 unspecified atom stereocenters. The Balaban J connectivity index is 2.19. The van der Waals surface area contributed by atoms with Crippen molar-refractivity contribution in [2.75, 3.05) is 18.2 Å². The van der Waals surface area contributed by atoms with Crippen molar-refractivity contribution in [2.24, 2.45) is 5.84 Å². The van der Waals surface area contributed by atoms with Gasteiger partial charge in [-0.2, -0.15) is 0 Å². The van der Waals surface area contributed by atoms with E-state index in [1.54, 1.807) is 18.2 Å². The average Bonchev–Trinajstić information content (AvgIpc) is 2.40. The van der Waals surface area contributed by atoms with E-state index in [1.807, 2.05) is 18.2 Å². The van der Waals surface area contributed by atoms with Gasteiger partial charge in [-0.3, -0.25) is 5.01 Å². The molecule has 5 nitrogen and oxygen atoms in total. The van der Waals surface area contributed by atoms with Crippen molar-refractivity contribution < 1.29 is 5.11 Å². The zero-order valence-electron chi connectivity index (χ0n) is 9.62. The number of nitrogens with two attached hydrogens (primary N) is 1. The number of hydrogen-bond acceptors (Lipinski definition) is 5. The number of benzene rings is 1. The van der Waals surface area contributed by atoms with Crippen LogP contribution in [0.4, 0.5) is 5.82 Å². The summed E-state index contributed by atoms with van der Waals surface area (Å²) in [5.74, 6) is 6.18. The van der Waals surface area contributed by atoms with Gasteiger partial charge in [-0.15, -0.1) is 10.2 Å². The number of hydrogen-bond donors (Lipinski definition) is 2. The van der Waals surface area contributed by atoms with E-state index in [-0.39, 0.29) is 6.61 Å². The first kappa shape index (κ1) is 12.8. The number of hydrazine groups is 1. The van der Waals surface area contributed by atoms with Crippen molar-refractivity contribution in [1.82, 2.24) is 10.2 Å². The van der Waals surface area contributed by atoms with Crippen molar-refractivity contribution in [3.05, 3.63) is 41.4 Å². The Kier molecular flexibility index (Phi) is 4.09. The Labute approximate surface area is 110 Å². The van der Waals surface area contributed by atoms with Crippen LogP contribution < -0.4 is 10.9 Å². The molecule has 0 aliphatic heterocycles. The second-order valence-corrected chi connectivity index (χ2v) is 4.14. The summed E-state index contributed by atoms with van der Waals surface area (Å²) in [6, 6.07) is 10.9. The van der Waals surface area contributed by atoms with Crippen LogP contribution in [-0.2, 0) is 0 Å². The van der Waals surface area contributed by atoms with Crippen LogP contribution in [0.5, 0.6) is 0 Å². The Morgan fingerprint density at radius 1 is 1.11 bits per heavy atom.